The van der Waals surface area contributed by atoms with Gasteiger partial charge in [0.2, 0.25) is 0 Å². The van der Waals surface area contributed by atoms with E-state index in [1.54, 1.807) is 0 Å². The molecule has 0 unspecified atom stereocenters. The molecule has 6 heteroatoms. The Kier molecular flexibility index (Phi) is 2.94. The maximum atomic E-state index is 13.6. The molecule has 0 saturated carbocycles. The van der Waals surface area contributed by atoms with Crippen molar-refractivity contribution in [2.24, 2.45) is 0 Å². The maximum absolute atomic E-state index is 13.6. The lowest BCUT2D eigenvalue weighted by Gasteiger charge is -2.08. The summed E-state index contributed by atoms with van der Waals surface area (Å²) in [6.45, 7) is 0. The molecular formula is C12H6F4O2. The van der Waals surface area contributed by atoms with Gasteiger partial charge >= 0.3 is 6.18 Å². The van der Waals surface area contributed by atoms with Crippen LogP contribution in [0.15, 0.2) is 34.9 Å². The molecule has 0 aliphatic rings. The molecule has 0 aliphatic heterocycles. The molecule has 0 amide bonds. The fourth-order valence-electron chi connectivity index (χ4n) is 1.54. The molecule has 2 rings (SSSR count). The Labute approximate surface area is 98.8 Å². The Morgan fingerprint density at radius 1 is 1.11 bits per heavy atom. The van der Waals surface area contributed by atoms with Gasteiger partial charge in [0.15, 0.2) is 12.0 Å². The van der Waals surface area contributed by atoms with Crippen molar-refractivity contribution in [2.75, 3.05) is 0 Å². The number of hydrogen-bond acceptors (Lipinski definition) is 2. The fraction of sp³-hybridized carbons (Fsp3) is 0.0833. The minimum absolute atomic E-state index is 0.112. The Morgan fingerprint density at radius 2 is 1.83 bits per heavy atom. The van der Waals surface area contributed by atoms with Crippen molar-refractivity contribution >= 4 is 6.29 Å². The highest BCUT2D eigenvalue weighted by Gasteiger charge is 2.31. The van der Waals surface area contributed by atoms with Crippen LogP contribution < -0.4 is 0 Å². The molecule has 0 fully saturated rings. The summed E-state index contributed by atoms with van der Waals surface area (Å²) in [6.07, 6.45) is -3.08. The molecule has 1 aromatic carbocycles. The molecule has 0 radical (unpaired) electrons. The van der Waals surface area contributed by atoms with Gasteiger partial charge in [-0.15, -0.1) is 0 Å². The second-order valence-corrected chi connectivity index (χ2v) is 3.51. The van der Waals surface area contributed by atoms with Gasteiger partial charge in [-0.05, 0) is 18.2 Å². The van der Waals surface area contributed by atoms with Gasteiger partial charge in [-0.25, -0.2) is 4.39 Å². The summed E-state index contributed by atoms with van der Waals surface area (Å²) in [5.74, 6) is -1.19. The van der Waals surface area contributed by atoms with Crippen LogP contribution in [0.2, 0.25) is 0 Å². The Bertz CT molecular complexity index is 584. The van der Waals surface area contributed by atoms with Crippen molar-refractivity contribution in [3.63, 3.8) is 0 Å². The number of alkyl halides is 3. The van der Waals surface area contributed by atoms with Crippen molar-refractivity contribution in [3.05, 3.63) is 47.7 Å². The highest BCUT2D eigenvalue weighted by atomic mass is 19.4. The van der Waals surface area contributed by atoms with Crippen LogP contribution in [0.3, 0.4) is 0 Å². The van der Waals surface area contributed by atoms with E-state index in [1.807, 2.05) is 0 Å². The van der Waals surface area contributed by atoms with E-state index in [0.29, 0.717) is 12.4 Å². The van der Waals surface area contributed by atoms with Crippen LogP contribution in [0.1, 0.15) is 16.1 Å². The van der Waals surface area contributed by atoms with Crippen LogP contribution in [-0.2, 0) is 6.18 Å². The summed E-state index contributed by atoms with van der Waals surface area (Å²) in [4.78, 5) is 10.6. The number of hydrogen-bond donors (Lipinski definition) is 0. The Hall–Kier alpha value is -2.11. The number of aldehydes is 1. The number of carbonyl (C=O) groups excluding carboxylic acids is 1. The minimum atomic E-state index is -4.61. The number of halogens is 4. The highest BCUT2D eigenvalue weighted by Crippen LogP contribution is 2.33. The van der Waals surface area contributed by atoms with Gasteiger partial charge in [0.25, 0.3) is 0 Å². The normalized spacial score (nSPS) is 11.6. The van der Waals surface area contributed by atoms with Gasteiger partial charge in [-0.3, -0.25) is 4.79 Å². The molecule has 18 heavy (non-hydrogen) atoms. The first-order chi connectivity index (χ1) is 8.43. The van der Waals surface area contributed by atoms with E-state index in [2.05, 4.69) is 0 Å². The number of benzene rings is 1. The SMILES string of the molecule is O=Cc1occc1-c1ccc(C(F)(F)F)cc1F. The average molecular weight is 258 g/mol. The van der Waals surface area contributed by atoms with Crippen LogP contribution in [0.5, 0.6) is 0 Å². The molecule has 0 N–H and O–H groups in total. The molecule has 0 aliphatic carbocycles. The van der Waals surface area contributed by atoms with Crippen molar-refractivity contribution in [1.82, 2.24) is 0 Å². The highest BCUT2D eigenvalue weighted by molar-refractivity contribution is 5.84. The van der Waals surface area contributed by atoms with Gasteiger partial charge in [-0.1, -0.05) is 6.07 Å². The van der Waals surface area contributed by atoms with Crippen LogP contribution in [0.4, 0.5) is 17.6 Å². The van der Waals surface area contributed by atoms with Gasteiger partial charge in [0.05, 0.1) is 11.8 Å². The van der Waals surface area contributed by atoms with Crippen molar-refractivity contribution in [1.29, 1.82) is 0 Å². The number of furan rings is 1. The average Bonchev–Trinajstić information content (AvgIpc) is 2.75. The van der Waals surface area contributed by atoms with Crippen LogP contribution >= 0.6 is 0 Å². The van der Waals surface area contributed by atoms with E-state index in [4.69, 9.17) is 4.42 Å². The second-order valence-electron chi connectivity index (χ2n) is 3.51. The van der Waals surface area contributed by atoms with Crippen molar-refractivity contribution in [3.8, 4) is 11.1 Å². The summed E-state index contributed by atoms with van der Waals surface area (Å²) in [7, 11) is 0. The van der Waals surface area contributed by atoms with Gasteiger partial charge in [-0.2, -0.15) is 13.2 Å². The monoisotopic (exact) mass is 258 g/mol. The Balaban J connectivity index is 2.52. The zero-order valence-corrected chi connectivity index (χ0v) is 8.79. The van der Waals surface area contributed by atoms with Crippen molar-refractivity contribution in [2.45, 2.75) is 6.18 Å². The molecule has 1 heterocycles. The summed E-state index contributed by atoms with van der Waals surface area (Å²) < 4.78 is 55.4. The lowest BCUT2D eigenvalue weighted by Crippen LogP contribution is -2.05. The molecule has 0 spiro atoms. The largest absolute Gasteiger partial charge is 0.461 e. The third kappa shape index (κ3) is 2.13. The van der Waals surface area contributed by atoms with E-state index in [-0.39, 0.29) is 16.9 Å². The standard InChI is InChI=1S/C12H6F4O2/c13-10-5-7(12(14,15)16)1-2-8(10)9-3-4-18-11(9)6-17/h1-6H. The zero-order chi connectivity index (χ0) is 13.3. The zero-order valence-electron chi connectivity index (χ0n) is 8.79. The third-order valence-electron chi connectivity index (χ3n) is 2.39. The van der Waals surface area contributed by atoms with E-state index in [1.165, 1.54) is 6.07 Å². The maximum Gasteiger partial charge on any atom is 0.416 e. The number of rotatable bonds is 2. The predicted octanol–water partition coefficient (Wildman–Crippen LogP) is 3.92. The summed E-state index contributed by atoms with van der Waals surface area (Å²) in [5.41, 5.74) is -1.07. The quantitative estimate of drug-likeness (QED) is 0.603. The molecule has 2 nitrogen and oxygen atoms in total. The summed E-state index contributed by atoms with van der Waals surface area (Å²) in [6, 6.07) is 3.42. The topological polar surface area (TPSA) is 30.2 Å². The molecule has 0 atom stereocenters. The first-order valence-corrected chi connectivity index (χ1v) is 4.83. The Morgan fingerprint density at radius 3 is 2.39 bits per heavy atom. The molecule has 0 saturated heterocycles. The molecular weight excluding hydrogens is 252 g/mol. The first kappa shape index (κ1) is 12.3. The predicted molar refractivity (Wildman–Crippen MR) is 54.5 cm³/mol. The van der Waals surface area contributed by atoms with Crippen LogP contribution in [0, 0.1) is 5.82 Å². The molecule has 0 bridgehead atoms. The minimum Gasteiger partial charge on any atom is -0.461 e. The van der Waals surface area contributed by atoms with E-state index in [0.717, 1.165) is 18.4 Å². The van der Waals surface area contributed by atoms with E-state index < -0.39 is 17.6 Å². The molecule has 2 aromatic rings. The number of carbonyl (C=O) groups is 1. The molecule has 1 aromatic heterocycles. The van der Waals surface area contributed by atoms with Gasteiger partial charge < -0.3 is 4.42 Å². The summed E-state index contributed by atoms with van der Waals surface area (Å²) >= 11 is 0. The summed E-state index contributed by atoms with van der Waals surface area (Å²) in [5, 5.41) is 0. The third-order valence-corrected chi connectivity index (χ3v) is 2.39. The fourth-order valence-corrected chi connectivity index (χ4v) is 1.54. The van der Waals surface area contributed by atoms with Crippen molar-refractivity contribution < 1.29 is 26.8 Å². The first-order valence-electron chi connectivity index (χ1n) is 4.83. The molecule has 94 valence electrons. The van der Waals surface area contributed by atoms with E-state index >= 15 is 0 Å². The second kappa shape index (κ2) is 4.29. The van der Waals surface area contributed by atoms with Gasteiger partial charge in [0.1, 0.15) is 5.82 Å². The van der Waals surface area contributed by atoms with Gasteiger partial charge in [0, 0.05) is 11.1 Å². The van der Waals surface area contributed by atoms with Crippen LogP contribution in [-0.4, -0.2) is 6.29 Å². The van der Waals surface area contributed by atoms with Crippen LogP contribution in [0.25, 0.3) is 11.1 Å². The van der Waals surface area contributed by atoms with E-state index in [9.17, 15) is 22.4 Å². The smallest absolute Gasteiger partial charge is 0.416 e. The lowest BCUT2D eigenvalue weighted by atomic mass is 10.0. The lowest BCUT2D eigenvalue weighted by molar-refractivity contribution is -0.137.